The molecule has 1 fully saturated rings. The lowest BCUT2D eigenvalue weighted by atomic mass is 9.63. The van der Waals surface area contributed by atoms with Gasteiger partial charge in [0, 0.05) is 0 Å². The second kappa shape index (κ2) is 4.74. The minimum Gasteiger partial charge on any atom is -0.312 e. The molecule has 0 radical (unpaired) electrons. The van der Waals surface area contributed by atoms with Crippen LogP contribution in [0.3, 0.4) is 0 Å². The van der Waals surface area contributed by atoms with Crippen LogP contribution in [0.4, 0.5) is 0 Å². The van der Waals surface area contributed by atoms with Crippen molar-refractivity contribution in [1.82, 2.24) is 5.32 Å². The van der Waals surface area contributed by atoms with Crippen LogP contribution in [0, 0.1) is 37.5 Å². The molecule has 0 heterocycles. The van der Waals surface area contributed by atoms with Crippen LogP contribution >= 0.6 is 0 Å². The normalized spacial score (nSPS) is 18.8. The van der Waals surface area contributed by atoms with Gasteiger partial charge in [-0.3, -0.25) is 0 Å². The van der Waals surface area contributed by atoms with Gasteiger partial charge in [0.1, 0.15) is 0 Å². The van der Waals surface area contributed by atoms with Crippen molar-refractivity contribution in [2.45, 2.75) is 46.1 Å². The molecule has 1 aromatic rings. The Kier molecular flexibility index (Phi) is 3.45. The molecule has 1 unspecified atom stereocenters. The van der Waals surface area contributed by atoms with Gasteiger partial charge in [-0.25, -0.2) is 0 Å². The standard InChI is InChI=1S/C16H22N2/c1-11-8-13(3)14(9-12(11)2)15(18-4)16(10-17)6-5-7-16/h8-9,15,18H,5-7H2,1-4H3. The predicted octanol–water partition coefficient (Wildman–Crippen LogP) is 3.57. The summed E-state index contributed by atoms with van der Waals surface area (Å²) >= 11 is 0. The third kappa shape index (κ3) is 1.93. The highest BCUT2D eigenvalue weighted by molar-refractivity contribution is 5.40. The van der Waals surface area contributed by atoms with Crippen LogP contribution in [0.15, 0.2) is 12.1 Å². The van der Waals surface area contributed by atoms with Gasteiger partial charge in [-0.2, -0.15) is 5.26 Å². The Labute approximate surface area is 110 Å². The van der Waals surface area contributed by atoms with Gasteiger partial charge >= 0.3 is 0 Å². The van der Waals surface area contributed by atoms with E-state index in [2.05, 4.69) is 44.3 Å². The lowest BCUT2D eigenvalue weighted by molar-refractivity contribution is 0.148. The molecule has 0 bridgehead atoms. The lowest BCUT2D eigenvalue weighted by Crippen LogP contribution is -2.41. The SMILES string of the molecule is CNC(c1cc(C)c(C)cc1C)C1(C#N)CCC1. The molecule has 1 aliphatic carbocycles. The zero-order valence-corrected chi connectivity index (χ0v) is 11.8. The fourth-order valence-electron chi connectivity index (χ4n) is 3.05. The van der Waals surface area contributed by atoms with Gasteiger partial charge in [0.15, 0.2) is 0 Å². The van der Waals surface area contributed by atoms with Crippen LogP contribution in [0.1, 0.15) is 47.6 Å². The quantitative estimate of drug-likeness (QED) is 0.879. The van der Waals surface area contributed by atoms with Crippen molar-refractivity contribution in [2.75, 3.05) is 7.05 Å². The maximum atomic E-state index is 9.52. The Morgan fingerprint density at radius 2 is 1.78 bits per heavy atom. The third-order valence-corrected chi connectivity index (χ3v) is 4.50. The van der Waals surface area contributed by atoms with E-state index in [0.29, 0.717) is 0 Å². The molecule has 0 aromatic heterocycles. The average Bonchev–Trinajstić information content (AvgIpc) is 2.29. The molecule has 1 aliphatic rings. The largest absolute Gasteiger partial charge is 0.312 e. The van der Waals surface area contributed by atoms with Crippen molar-refractivity contribution in [3.63, 3.8) is 0 Å². The van der Waals surface area contributed by atoms with Crippen LogP contribution in [-0.2, 0) is 0 Å². The zero-order valence-electron chi connectivity index (χ0n) is 11.8. The Hall–Kier alpha value is -1.33. The van der Waals surface area contributed by atoms with Crippen molar-refractivity contribution >= 4 is 0 Å². The van der Waals surface area contributed by atoms with E-state index in [1.807, 2.05) is 7.05 Å². The van der Waals surface area contributed by atoms with Crippen LogP contribution in [0.5, 0.6) is 0 Å². The first kappa shape index (κ1) is 13.1. The van der Waals surface area contributed by atoms with Gasteiger partial charge in [-0.05, 0) is 62.9 Å². The van der Waals surface area contributed by atoms with Crippen molar-refractivity contribution in [3.05, 3.63) is 34.4 Å². The Balaban J connectivity index is 2.46. The summed E-state index contributed by atoms with van der Waals surface area (Å²) in [5.41, 5.74) is 5.02. The van der Waals surface area contributed by atoms with Gasteiger partial charge in [-0.1, -0.05) is 18.6 Å². The summed E-state index contributed by atoms with van der Waals surface area (Å²) < 4.78 is 0. The molecule has 0 spiro atoms. The molecule has 96 valence electrons. The van der Waals surface area contributed by atoms with Crippen molar-refractivity contribution in [3.8, 4) is 6.07 Å². The molecular weight excluding hydrogens is 220 g/mol. The molecule has 1 aromatic carbocycles. The molecule has 18 heavy (non-hydrogen) atoms. The maximum Gasteiger partial charge on any atom is 0.0768 e. The summed E-state index contributed by atoms with van der Waals surface area (Å²) in [4.78, 5) is 0. The maximum absolute atomic E-state index is 9.52. The second-order valence-corrected chi connectivity index (χ2v) is 5.64. The third-order valence-electron chi connectivity index (χ3n) is 4.50. The molecule has 1 saturated carbocycles. The fraction of sp³-hybridized carbons (Fsp3) is 0.562. The average molecular weight is 242 g/mol. The van der Waals surface area contributed by atoms with E-state index >= 15 is 0 Å². The molecule has 0 aliphatic heterocycles. The van der Waals surface area contributed by atoms with Crippen LogP contribution < -0.4 is 5.32 Å². The number of benzene rings is 1. The summed E-state index contributed by atoms with van der Waals surface area (Å²) in [6, 6.07) is 7.21. The Morgan fingerprint density at radius 1 is 1.17 bits per heavy atom. The fourth-order valence-corrected chi connectivity index (χ4v) is 3.05. The number of nitriles is 1. The van der Waals surface area contributed by atoms with E-state index in [9.17, 15) is 5.26 Å². The van der Waals surface area contributed by atoms with E-state index in [1.54, 1.807) is 0 Å². The lowest BCUT2D eigenvalue weighted by Gasteiger charge is -2.42. The summed E-state index contributed by atoms with van der Waals surface area (Å²) in [5, 5.41) is 12.9. The number of hydrogen-bond donors (Lipinski definition) is 1. The highest BCUT2D eigenvalue weighted by Crippen LogP contribution is 2.50. The van der Waals surface area contributed by atoms with Gasteiger partial charge in [0.2, 0.25) is 0 Å². The number of hydrogen-bond acceptors (Lipinski definition) is 2. The Morgan fingerprint density at radius 3 is 2.22 bits per heavy atom. The summed E-state index contributed by atoms with van der Waals surface area (Å²) in [6.45, 7) is 6.44. The monoisotopic (exact) mass is 242 g/mol. The van der Waals surface area contributed by atoms with Gasteiger partial charge in [0.25, 0.3) is 0 Å². The van der Waals surface area contributed by atoms with Crippen molar-refractivity contribution in [1.29, 1.82) is 5.26 Å². The number of aryl methyl sites for hydroxylation is 3. The number of nitrogens with one attached hydrogen (secondary N) is 1. The summed E-state index contributed by atoms with van der Waals surface area (Å²) in [7, 11) is 1.97. The highest BCUT2D eigenvalue weighted by atomic mass is 14.9. The molecule has 2 nitrogen and oxygen atoms in total. The predicted molar refractivity (Wildman–Crippen MR) is 74.4 cm³/mol. The first-order valence-electron chi connectivity index (χ1n) is 6.70. The zero-order chi connectivity index (χ0) is 13.3. The molecule has 0 saturated heterocycles. The van der Waals surface area contributed by atoms with Gasteiger partial charge in [-0.15, -0.1) is 0 Å². The minimum atomic E-state index is -0.193. The van der Waals surface area contributed by atoms with E-state index in [0.717, 1.165) is 12.8 Å². The molecular formula is C16H22N2. The van der Waals surface area contributed by atoms with E-state index < -0.39 is 0 Å². The van der Waals surface area contributed by atoms with Crippen LogP contribution in [0.2, 0.25) is 0 Å². The number of nitrogens with zero attached hydrogens (tertiary/aromatic N) is 1. The first-order chi connectivity index (χ1) is 8.54. The van der Waals surface area contributed by atoms with E-state index in [1.165, 1.54) is 28.7 Å². The smallest absolute Gasteiger partial charge is 0.0768 e. The van der Waals surface area contributed by atoms with Crippen molar-refractivity contribution in [2.24, 2.45) is 5.41 Å². The van der Waals surface area contributed by atoms with Crippen molar-refractivity contribution < 1.29 is 0 Å². The molecule has 2 rings (SSSR count). The molecule has 2 heteroatoms. The van der Waals surface area contributed by atoms with E-state index in [4.69, 9.17) is 0 Å². The summed E-state index contributed by atoms with van der Waals surface area (Å²) in [5.74, 6) is 0. The number of rotatable bonds is 3. The summed E-state index contributed by atoms with van der Waals surface area (Å²) in [6.07, 6.45) is 3.21. The molecule has 0 amide bonds. The highest BCUT2D eigenvalue weighted by Gasteiger charge is 2.45. The second-order valence-electron chi connectivity index (χ2n) is 5.64. The van der Waals surface area contributed by atoms with Gasteiger partial charge in [0.05, 0.1) is 17.5 Å². The van der Waals surface area contributed by atoms with Crippen LogP contribution in [0.25, 0.3) is 0 Å². The topological polar surface area (TPSA) is 35.8 Å². The molecule has 1 atom stereocenters. The van der Waals surface area contributed by atoms with Crippen LogP contribution in [-0.4, -0.2) is 7.05 Å². The Bertz CT molecular complexity index is 493. The van der Waals surface area contributed by atoms with Gasteiger partial charge < -0.3 is 5.32 Å². The van der Waals surface area contributed by atoms with E-state index in [-0.39, 0.29) is 11.5 Å². The first-order valence-corrected chi connectivity index (χ1v) is 6.70. The minimum absolute atomic E-state index is 0.163. The molecule has 1 N–H and O–H groups in total.